The van der Waals surface area contributed by atoms with Crippen molar-refractivity contribution in [3.05, 3.63) is 40.8 Å². The first-order valence-electron chi connectivity index (χ1n) is 7.63. The Balaban J connectivity index is 2.28. The largest absolute Gasteiger partial charge is 0.308 e. The van der Waals surface area contributed by atoms with Crippen LogP contribution in [0.3, 0.4) is 0 Å². The monoisotopic (exact) mass is 346 g/mol. The van der Waals surface area contributed by atoms with Gasteiger partial charge in [-0.2, -0.15) is 11.8 Å². The topological polar surface area (TPSA) is 43.6 Å². The summed E-state index contributed by atoms with van der Waals surface area (Å²) in [6, 6.07) is 8.37. The number of benzene rings is 1. The van der Waals surface area contributed by atoms with Crippen LogP contribution in [-0.2, 0) is 13.0 Å². The third kappa shape index (κ3) is 3.08. The molecule has 0 radical (unpaired) electrons. The summed E-state index contributed by atoms with van der Waals surface area (Å²) in [6.07, 6.45) is 3.06. The number of hydrogen-bond donors (Lipinski definition) is 0. The standard InChI is InChI=1S/C17H19ClN4S/c1-4-12-7-5-6-8-13(12)16-21-14-15(18)19-11(2)20-17(14)22(16)9-10-23-3/h5-8H,4,9-10H2,1-3H3. The molecule has 6 heteroatoms. The molecule has 0 spiro atoms. The van der Waals surface area contributed by atoms with Crippen molar-refractivity contribution >= 4 is 34.5 Å². The minimum atomic E-state index is 0.422. The lowest BCUT2D eigenvalue weighted by molar-refractivity contribution is 0.792. The van der Waals surface area contributed by atoms with Gasteiger partial charge in [-0.25, -0.2) is 15.0 Å². The van der Waals surface area contributed by atoms with Gasteiger partial charge >= 0.3 is 0 Å². The second-order valence-electron chi connectivity index (χ2n) is 5.32. The molecule has 0 atom stereocenters. The fourth-order valence-electron chi connectivity index (χ4n) is 2.72. The van der Waals surface area contributed by atoms with E-state index in [-0.39, 0.29) is 0 Å². The summed E-state index contributed by atoms with van der Waals surface area (Å²) < 4.78 is 2.17. The highest BCUT2D eigenvalue weighted by atomic mass is 35.5. The first-order chi connectivity index (χ1) is 11.2. The smallest absolute Gasteiger partial charge is 0.165 e. The molecule has 0 aliphatic heterocycles. The van der Waals surface area contributed by atoms with Crippen LogP contribution in [0.2, 0.25) is 5.15 Å². The molecular weight excluding hydrogens is 328 g/mol. The first-order valence-corrected chi connectivity index (χ1v) is 9.40. The van der Waals surface area contributed by atoms with Crippen LogP contribution in [0.25, 0.3) is 22.6 Å². The molecule has 3 aromatic rings. The molecule has 0 saturated heterocycles. The number of imidazole rings is 1. The van der Waals surface area contributed by atoms with E-state index < -0.39 is 0 Å². The Morgan fingerprint density at radius 2 is 1.96 bits per heavy atom. The summed E-state index contributed by atoms with van der Waals surface area (Å²) in [5, 5.41) is 0.422. The summed E-state index contributed by atoms with van der Waals surface area (Å²) in [5.74, 6) is 2.59. The van der Waals surface area contributed by atoms with Crippen LogP contribution in [0, 0.1) is 6.92 Å². The molecule has 120 valence electrons. The van der Waals surface area contributed by atoms with Crippen molar-refractivity contribution in [2.75, 3.05) is 12.0 Å². The number of fused-ring (bicyclic) bond motifs is 1. The van der Waals surface area contributed by atoms with Gasteiger partial charge in [-0.3, -0.25) is 0 Å². The predicted molar refractivity (Wildman–Crippen MR) is 98.3 cm³/mol. The molecule has 23 heavy (non-hydrogen) atoms. The number of hydrogen-bond acceptors (Lipinski definition) is 4. The maximum atomic E-state index is 6.31. The molecule has 0 fully saturated rings. The third-order valence-electron chi connectivity index (χ3n) is 3.82. The van der Waals surface area contributed by atoms with E-state index in [0.29, 0.717) is 16.5 Å². The number of rotatable bonds is 5. The minimum Gasteiger partial charge on any atom is -0.308 e. The maximum absolute atomic E-state index is 6.31. The van der Waals surface area contributed by atoms with Crippen LogP contribution >= 0.6 is 23.4 Å². The molecule has 4 nitrogen and oxygen atoms in total. The lowest BCUT2D eigenvalue weighted by atomic mass is 10.0. The molecule has 0 amide bonds. The predicted octanol–water partition coefficient (Wildman–Crippen LogP) is 4.38. The Morgan fingerprint density at radius 1 is 1.17 bits per heavy atom. The highest BCUT2D eigenvalue weighted by Crippen LogP contribution is 2.29. The van der Waals surface area contributed by atoms with Gasteiger partial charge < -0.3 is 4.57 Å². The zero-order valence-corrected chi connectivity index (χ0v) is 15.1. The van der Waals surface area contributed by atoms with E-state index in [2.05, 4.69) is 45.9 Å². The van der Waals surface area contributed by atoms with E-state index >= 15 is 0 Å². The van der Waals surface area contributed by atoms with Crippen molar-refractivity contribution in [3.8, 4) is 11.4 Å². The Morgan fingerprint density at radius 3 is 2.70 bits per heavy atom. The van der Waals surface area contributed by atoms with Gasteiger partial charge in [-0.05, 0) is 25.2 Å². The van der Waals surface area contributed by atoms with Crippen LogP contribution < -0.4 is 0 Å². The molecule has 0 aliphatic rings. The maximum Gasteiger partial charge on any atom is 0.165 e. The highest BCUT2D eigenvalue weighted by molar-refractivity contribution is 7.98. The van der Waals surface area contributed by atoms with Gasteiger partial charge in [0.05, 0.1) is 0 Å². The average Bonchev–Trinajstić information content (AvgIpc) is 2.91. The molecule has 0 aliphatic carbocycles. The number of thioether (sulfide) groups is 1. The second kappa shape index (κ2) is 6.89. The second-order valence-corrected chi connectivity index (χ2v) is 6.67. The molecule has 2 aromatic heterocycles. The highest BCUT2D eigenvalue weighted by Gasteiger charge is 2.18. The van der Waals surface area contributed by atoms with E-state index in [4.69, 9.17) is 16.6 Å². The lowest BCUT2D eigenvalue weighted by Gasteiger charge is -2.11. The quantitative estimate of drug-likeness (QED) is 0.643. The molecule has 0 saturated carbocycles. The van der Waals surface area contributed by atoms with Crippen LogP contribution in [0.4, 0.5) is 0 Å². The summed E-state index contributed by atoms with van der Waals surface area (Å²) in [6.45, 7) is 4.86. The lowest BCUT2D eigenvalue weighted by Crippen LogP contribution is -2.05. The van der Waals surface area contributed by atoms with E-state index in [1.165, 1.54) is 5.56 Å². The molecule has 1 aromatic carbocycles. The summed E-state index contributed by atoms with van der Waals surface area (Å²) in [4.78, 5) is 13.6. The Labute approximate surface area is 145 Å². The third-order valence-corrected chi connectivity index (χ3v) is 4.68. The van der Waals surface area contributed by atoms with Gasteiger partial charge in [0.25, 0.3) is 0 Å². The normalized spacial score (nSPS) is 11.3. The Kier molecular flexibility index (Phi) is 4.87. The van der Waals surface area contributed by atoms with E-state index in [1.54, 1.807) is 11.8 Å². The fraction of sp³-hybridized carbons (Fsp3) is 0.353. The van der Waals surface area contributed by atoms with Gasteiger partial charge in [-0.15, -0.1) is 0 Å². The van der Waals surface area contributed by atoms with Gasteiger partial charge in [0.15, 0.2) is 10.8 Å². The van der Waals surface area contributed by atoms with E-state index in [9.17, 15) is 0 Å². The number of aryl methyl sites for hydroxylation is 3. The summed E-state index contributed by atoms with van der Waals surface area (Å²) in [5.41, 5.74) is 3.91. The van der Waals surface area contributed by atoms with Crippen molar-refractivity contribution in [3.63, 3.8) is 0 Å². The number of halogens is 1. The molecular formula is C17H19ClN4S. The summed E-state index contributed by atoms with van der Waals surface area (Å²) in [7, 11) is 0. The minimum absolute atomic E-state index is 0.422. The van der Waals surface area contributed by atoms with Crippen LogP contribution in [0.1, 0.15) is 18.3 Å². The molecule has 0 unspecified atom stereocenters. The zero-order chi connectivity index (χ0) is 16.4. The van der Waals surface area contributed by atoms with Crippen molar-refractivity contribution in [2.24, 2.45) is 0 Å². The zero-order valence-electron chi connectivity index (χ0n) is 13.5. The van der Waals surface area contributed by atoms with Crippen LogP contribution in [0.15, 0.2) is 24.3 Å². The number of aromatic nitrogens is 4. The fourth-order valence-corrected chi connectivity index (χ4v) is 3.33. The average molecular weight is 347 g/mol. The van der Waals surface area contributed by atoms with Crippen LogP contribution in [0.5, 0.6) is 0 Å². The van der Waals surface area contributed by atoms with Crippen molar-refractivity contribution < 1.29 is 0 Å². The van der Waals surface area contributed by atoms with Gasteiger partial charge in [0, 0.05) is 17.9 Å². The van der Waals surface area contributed by atoms with E-state index in [1.807, 2.05) is 13.0 Å². The Bertz CT molecular complexity index is 844. The molecule has 3 rings (SSSR count). The van der Waals surface area contributed by atoms with E-state index in [0.717, 1.165) is 35.8 Å². The SMILES string of the molecule is CCc1ccccc1-c1nc2c(Cl)nc(C)nc2n1CCSC. The number of nitrogens with zero attached hydrogens (tertiary/aromatic N) is 4. The summed E-state index contributed by atoms with van der Waals surface area (Å²) >= 11 is 8.12. The molecule has 0 bridgehead atoms. The molecule has 0 N–H and O–H groups in total. The van der Waals surface area contributed by atoms with Gasteiger partial charge in [0.1, 0.15) is 17.2 Å². The Hall–Kier alpha value is -1.59. The van der Waals surface area contributed by atoms with Crippen molar-refractivity contribution in [2.45, 2.75) is 26.8 Å². The van der Waals surface area contributed by atoms with Crippen LogP contribution in [-0.4, -0.2) is 31.5 Å². The van der Waals surface area contributed by atoms with Crippen molar-refractivity contribution in [1.29, 1.82) is 0 Å². The van der Waals surface area contributed by atoms with Crippen molar-refractivity contribution in [1.82, 2.24) is 19.5 Å². The first kappa shape index (κ1) is 16.3. The molecule has 2 heterocycles. The van der Waals surface area contributed by atoms with Gasteiger partial charge in [-0.1, -0.05) is 42.8 Å². The van der Waals surface area contributed by atoms with Gasteiger partial charge in [0.2, 0.25) is 0 Å².